The molecule has 3 rings (SSSR count). The summed E-state index contributed by atoms with van der Waals surface area (Å²) in [4.78, 5) is 12.4. The van der Waals surface area contributed by atoms with E-state index in [0.717, 1.165) is 23.2 Å². The molecular formula is C18H19FN2O. The number of nitrogens with one attached hydrogen (secondary N) is 2. The van der Waals surface area contributed by atoms with Crippen LogP contribution in [0.3, 0.4) is 0 Å². The molecule has 1 aliphatic rings. The Balaban J connectivity index is 1.90. The van der Waals surface area contributed by atoms with Gasteiger partial charge in [0.1, 0.15) is 5.82 Å². The molecule has 0 radical (unpaired) electrons. The highest BCUT2D eigenvalue weighted by Crippen LogP contribution is 2.25. The second-order valence-electron chi connectivity index (χ2n) is 5.76. The van der Waals surface area contributed by atoms with E-state index in [1.165, 1.54) is 0 Å². The number of rotatable bonds is 2. The zero-order valence-corrected chi connectivity index (χ0v) is 12.8. The molecule has 0 spiro atoms. The van der Waals surface area contributed by atoms with Gasteiger partial charge in [-0.15, -0.1) is 0 Å². The molecule has 1 aliphatic heterocycles. The van der Waals surface area contributed by atoms with E-state index in [-0.39, 0.29) is 17.4 Å². The molecule has 0 saturated carbocycles. The van der Waals surface area contributed by atoms with Gasteiger partial charge in [0.15, 0.2) is 0 Å². The Morgan fingerprint density at radius 1 is 1.23 bits per heavy atom. The Morgan fingerprint density at radius 3 is 2.86 bits per heavy atom. The highest BCUT2D eigenvalue weighted by Gasteiger charge is 2.18. The first-order chi connectivity index (χ1) is 10.6. The molecule has 3 nitrogen and oxygen atoms in total. The van der Waals surface area contributed by atoms with Crippen molar-refractivity contribution in [3.05, 3.63) is 64.0 Å². The Bertz CT molecular complexity index is 740. The van der Waals surface area contributed by atoms with Gasteiger partial charge >= 0.3 is 0 Å². The fraction of sp³-hybridized carbons (Fsp3) is 0.278. The van der Waals surface area contributed by atoms with Crippen LogP contribution in [0.1, 0.15) is 32.6 Å². The van der Waals surface area contributed by atoms with Crippen LogP contribution in [0.2, 0.25) is 0 Å². The predicted molar refractivity (Wildman–Crippen MR) is 85.7 cm³/mol. The first-order valence-electron chi connectivity index (χ1n) is 7.46. The molecule has 2 aromatic carbocycles. The number of anilines is 1. The first-order valence-corrected chi connectivity index (χ1v) is 7.46. The normalized spacial score (nSPS) is 13.6. The van der Waals surface area contributed by atoms with Gasteiger partial charge in [0.25, 0.3) is 5.91 Å². The molecule has 0 atom stereocenters. The zero-order chi connectivity index (χ0) is 15.7. The third kappa shape index (κ3) is 2.74. The number of fused-ring (bicyclic) bond motifs is 1. The van der Waals surface area contributed by atoms with Crippen LogP contribution in [0.25, 0.3) is 0 Å². The van der Waals surface area contributed by atoms with Crippen molar-refractivity contribution in [1.29, 1.82) is 0 Å². The van der Waals surface area contributed by atoms with E-state index in [1.807, 2.05) is 38.1 Å². The minimum Gasteiger partial charge on any atom is -0.319 e. The molecule has 2 aromatic rings. The molecule has 0 aliphatic carbocycles. The van der Waals surface area contributed by atoms with E-state index >= 15 is 0 Å². The van der Waals surface area contributed by atoms with Crippen molar-refractivity contribution in [3.63, 3.8) is 0 Å². The summed E-state index contributed by atoms with van der Waals surface area (Å²) in [5.74, 6) is -0.577. The maximum atomic E-state index is 14.6. The van der Waals surface area contributed by atoms with Crippen molar-refractivity contribution >= 4 is 11.6 Å². The summed E-state index contributed by atoms with van der Waals surface area (Å²) in [6, 6.07) is 9.20. The molecule has 1 amide bonds. The highest BCUT2D eigenvalue weighted by molar-refractivity contribution is 6.05. The van der Waals surface area contributed by atoms with E-state index in [9.17, 15) is 9.18 Å². The van der Waals surface area contributed by atoms with E-state index in [1.54, 1.807) is 6.07 Å². The third-order valence-electron chi connectivity index (χ3n) is 4.09. The number of hydrogen-bond acceptors (Lipinski definition) is 2. The molecule has 0 saturated heterocycles. The minimum absolute atomic E-state index is 0.256. The highest BCUT2D eigenvalue weighted by atomic mass is 19.1. The number of hydrogen-bond donors (Lipinski definition) is 2. The topological polar surface area (TPSA) is 41.1 Å². The van der Waals surface area contributed by atoms with Crippen molar-refractivity contribution in [1.82, 2.24) is 5.32 Å². The van der Waals surface area contributed by atoms with Crippen molar-refractivity contribution in [2.24, 2.45) is 0 Å². The van der Waals surface area contributed by atoms with Crippen molar-refractivity contribution in [2.75, 3.05) is 11.9 Å². The quantitative estimate of drug-likeness (QED) is 0.893. The van der Waals surface area contributed by atoms with Crippen LogP contribution < -0.4 is 10.6 Å². The van der Waals surface area contributed by atoms with Crippen LogP contribution >= 0.6 is 0 Å². The number of amides is 1. The van der Waals surface area contributed by atoms with Crippen LogP contribution in [0.5, 0.6) is 0 Å². The lowest BCUT2D eigenvalue weighted by Gasteiger charge is -2.19. The fourth-order valence-electron chi connectivity index (χ4n) is 2.80. The van der Waals surface area contributed by atoms with Gasteiger partial charge in [-0.3, -0.25) is 4.79 Å². The van der Waals surface area contributed by atoms with Gasteiger partial charge in [0.2, 0.25) is 0 Å². The lowest BCUT2D eigenvalue weighted by Crippen LogP contribution is -2.25. The zero-order valence-electron chi connectivity index (χ0n) is 12.8. The summed E-state index contributed by atoms with van der Waals surface area (Å²) in [7, 11) is 0. The number of halogens is 1. The summed E-state index contributed by atoms with van der Waals surface area (Å²) in [6.45, 7) is 5.25. The van der Waals surface area contributed by atoms with Gasteiger partial charge < -0.3 is 10.6 Å². The van der Waals surface area contributed by atoms with Gasteiger partial charge in [-0.2, -0.15) is 0 Å². The van der Waals surface area contributed by atoms with Crippen LogP contribution in [0.15, 0.2) is 30.3 Å². The van der Waals surface area contributed by atoms with E-state index in [0.29, 0.717) is 24.1 Å². The molecule has 0 fully saturated rings. The molecule has 0 bridgehead atoms. The SMILES string of the molecule is Cc1ccc(C)c(C(=O)Nc2ccc3c(c2F)CCNC3)c1. The van der Waals surface area contributed by atoms with Gasteiger partial charge in [-0.25, -0.2) is 4.39 Å². The third-order valence-corrected chi connectivity index (χ3v) is 4.09. The van der Waals surface area contributed by atoms with Crippen LogP contribution in [-0.4, -0.2) is 12.5 Å². The molecule has 0 aromatic heterocycles. The number of aryl methyl sites for hydroxylation is 2. The summed E-state index contributed by atoms with van der Waals surface area (Å²) in [5, 5.41) is 5.92. The van der Waals surface area contributed by atoms with E-state index in [4.69, 9.17) is 0 Å². The van der Waals surface area contributed by atoms with Crippen LogP contribution in [0.4, 0.5) is 10.1 Å². The molecule has 114 valence electrons. The molecule has 2 N–H and O–H groups in total. The first kappa shape index (κ1) is 14.7. The Kier molecular flexibility index (Phi) is 3.94. The second kappa shape index (κ2) is 5.89. The predicted octanol–water partition coefficient (Wildman–Crippen LogP) is 3.34. The maximum Gasteiger partial charge on any atom is 0.256 e. The van der Waals surface area contributed by atoms with E-state index in [2.05, 4.69) is 10.6 Å². The molecular weight excluding hydrogens is 279 g/mol. The Hall–Kier alpha value is -2.20. The standard InChI is InChI=1S/C18H19FN2O/c1-11-3-4-12(2)15(9-11)18(22)21-16-6-5-13-10-20-8-7-14(13)17(16)19/h3-6,9,20H,7-8,10H2,1-2H3,(H,21,22). The largest absolute Gasteiger partial charge is 0.319 e. The number of benzene rings is 2. The lowest BCUT2D eigenvalue weighted by molar-refractivity contribution is 0.102. The minimum atomic E-state index is -0.308. The Morgan fingerprint density at radius 2 is 2.05 bits per heavy atom. The van der Waals surface area contributed by atoms with Crippen LogP contribution in [0, 0.1) is 19.7 Å². The van der Waals surface area contributed by atoms with E-state index < -0.39 is 0 Å². The Labute approximate surface area is 129 Å². The fourth-order valence-corrected chi connectivity index (χ4v) is 2.80. The smallest absolute Gasteiger partial charge is 0.256 e. The second-order valence-corrected chi connectivity index (χ2v) is 5.76. The summed E-state index contributed by atoms with van der Waals surface area (Å²) in [6.07, 6.45) is 0.647. The average Bonchev–Trinajstić information content (AvgIpc) is 2.52. The van der Waals surface area contributed by atoms with Crippen molar-refractivity contribution < 1.29 is 9.18 Å². The average molecular weight is 298 g/mol. The van der Waals surface area contributed by atoms with Crippen LogP contribution in [-0.2, 0) is 13.0 Å². The number of carbonyl (C=O) groups is 1. The molecule has 4 heteroatoms. The lowest BCUT2D eigenvalue weighted by atomic mass is 9.99. The van der Waals surface area contributed by atoms with Crippen molar-refractivity contribution in [3.8, 4) is 0 Å². The summed E-state index contributed by atoms with van der Waals surface area (Å²) >= 11 is 0. The van der Waals surface area contributed by atoms with Gasteiger partial charge in [-0.05, 0) is 55.6 Å². The monoisotopic (exact) mass is 298 g/mol. The summed E-state index contributed by atoms with van der Waals surface area (Å²) in [5.41, 5.74) is 4.40. The summed E-state index contributed by atoms with van der Waals surface area (Å²) < 4.78 is 14.6. The van der Waals surface area contributed by atoms with Crippen molar-refractivity contribution in [2.45, 2.75) is 26.8 Å². The maximum absolute atomic E-state index is 14.6. The number of carbonyl (C=O) groups excluding carboxylic acids is 1. The van der Waals surface area contributed by atoms with Gasteiger partial charge in [-0.1, -0.05) is 23.8 Å². The van der Waals surface area contributed by atoms with Gasteiger partial charge in [0.05, 0.1) is 5.69 Å². The molecule has 0 unspecified atom stereocenters. The molecule has 1 heterocycles. The molecule has 22 heavy (non-hydrogen) atoms. The van der Waals surface area contributed by atoms with Gasteiger partial charge in [0, 0.05) is 12.1 Å².